The molecule has 1 heterocycles. The summed E-state index contributed by atoms with van der Waals surface area (Å²) in [5.74, 6) is 0.858. The Morgan fingerprint density at radius 2 is 2.11 bits per heavy atom. The van der Waals surface area contributed by atoms with E-state index in [4.69, 9.17) is 16.0 Å². The minimum Gasteiger partial charge on any atom is -0.466 e. The first-order valence-electron chi connectivity index (χ1n) is 5.94. The van der Waals surface area contributed by atoms with Crippen molar-refractivity contribution < 1.29 is 4.42 Å². The Hall–Kier alpha value is -0.770. The van der Waals surface area contributed by atoms with E-state index in [0.717, 1.165) is 33.8 Å². The van der Waals surface area contributed by atoms with E-state index in [0.29, 0.717) is 0 Å². The molecular weight excluding hydrogens is 314 g/mol. The lowest BCUT2D eigenvalue weighted by Crippen LogP contribution is -2.23. The number of hydrogen-bond acceptors (Lipinski definition) is 2. The van der Waals surface area contributed by atoms with Crippen molar-refractivity contribution in [3.8, 4) is 0 Å². The monoisotopic (exact) mass is 327 g/mol. The minimum atomic E-state index is -0.0250. The summed E-state index contributed by atoms with van der Waals surface area (Å²) in [7, 11) is 0. The van der Waals surface area contributed by atoms with E-state index in [9.17, 15) is 0 Å². The van der Waals surface area contributed by atoms with Gasteiger partial charge >= 0.3 is 0 Å². The third-order valence-corrected chi connectivity index (χ3v) is 3.72. The Balaban J connectivity index is 2.37. The van der Waals surface area contributed by atoms with Gasteiger partial charge in [0.1, 0.15) is 5.76 Å². The zero-order chi connectivity index (χ0) is 13.0. The molecule has 1 aromatic heterocycles. The van der Waals surface area contributed by atoms with Gasteiger partial charge in [0.25, 0.3) is 0 Å². The van der Waals surface area contributed by atoms with Crippen LogP contribution in [-0.2, 0) is 0 Å². The first kappa shape index (κ1) is 13.7. The Labute approximate surface area is 120 Å². The van der Waals surface area contributed by atoms with Crippen LogP contribution in [0.2, 0.25) is 5.02 Å². The van der Waals surface area contributed by atoms with Gasteiger partial charge in [0.2, 0.25) is 0 Å². The Bertz CT molecular complexity index is 512. The van der Waals surface area contributed by atoms with Gasteiger partial charge in [-0.3, -0.25) is 0 Å². The number of rotatable bonds is 5. The summed E-state index contributed by atoms with van der Waals surface area (Å²) in [4.78, 5) is 0. The van der Waals surface area contributed by atoms with Crippen LogP contribution in [0.25, 0.3) is 0 Å². The fraction of sp³-hybridized carbons (Fsp3) is 0.286. The first-order valence-corrected chi connectivity index (χ1v) is 7.11. The smallest absolute Gasteiger partial charge is 0.139 e. The highest BCUT2D eigenvalue weighted by atomic mass is 79.9. The third-order valence-electron chi connectivity index (χ3n) is 2.72. The molecule has 2 nitrogen and oxygen atoms in total. The molecule has 1 aromatic carbocycles. The number of hydrogen-bond donors (Lipinski definition) is 1. The van der Waals surface area contributed by atoms with Gasteiger partial charge in [-0.15, -0.1) is 0 Å². The van der Waals surface area contributed by atoms with Crippen LogP contribution >= 0.6 is 27.5 Å². The second kappa shape index (κ2) is 6.41. The van der Waals surface area contributed by atoms with Crippen molar-refractivity contribution >= 4 is 27.5 Å². The maximum atomic E-state index is 6.27. The zero-order valence-electron chi connectivity index (χ0n) is 10.1. The minimum absolute atomic E-state index is 0.0250. The highest BCUT2D eigenvalue weighted by molar-refractivity contribution is 9.10. The average molecular weight is 329 g/mol. The van der Waals surface area contributed by atoms with Crippen molar-refractivity contribution in [2.45, 2.75) is 19.4 Å². The molecule has 0 spiro atoms. The van der Waals surface area contributed by atoms with Crippen LogP contribution in [0.1, 0.15) is 30.7 Å². The summed E-state index contributed by atoms with van der Waals surface area (Å²) in [6.07, 6.45) is 2.73. The maximum absolute atomic E-state index is 6.27. The molecule has 1 unspecified atom stereocenters. The normalized spacial score (nSPS) is 12.6. The summed E-state index contributed by atoms with van der Waals surface area (Å²) in [5.41, 5.74) is 1.03. The molecule has 0 aliphatic carbocycles. The molecule has 0 amide bonds. The molecule has 0 aliphatic rings. The van der Waals surface area contributed by atoms with Crippen LogP contribution in [0.15, 0.2) is 45.5 Å². The molecule has 0 radical (unpaired) electrons. The number of furan rings is 1. The quantitative estimate of drug-likeness (QED) is 0.854. The van der Waals surface area contributed by atoms with Gasteiger partial charge < -0.3 is 9.73 Å². The fourth-order valence-electron chi connectivity index (χ4n) is 1.85. The van der Waals surface area contributed by atoms with Crippen LogP contribution in [0, 0.1) is 0 Å². The molecule has 0 bridgehead atoms. The van der Waals surface area contributed by atoms with Gasteiger partial charge in [-0.25, -0.2) is 0 Å². The van der Waals surface area contributed by atoms with E-state index in [1.165, 1.54) is 0 Å². The van der Waals surface area contributed by atoms with Crippen molar-refractivity contribution in [2.75, 3.05) is 6.54 Å². The number of halogens is 2. The molecular formula is C14H15BrClNO. The Morgan fingerprint density at radius 1 is 1.33 bits per heavy atom. The zero-order valence-corrected chi connectivity index (χ0v) is 12.5. The lowest BCUT2D eigenvalue weighted by atomic mass is 10.0. The predicted octanol–water partition coefficient (Wildman–Crippen LogP) is 4.78. The highest BCUT2D eigenvalue weighted by Crippen LogP contribution is 2.32. The Morgan fingerprint density at radius 3 is 2.72 bits per heavy atom. The SMILES string of the molecule is CCCNC(c1ccccc1Cl)c1occc1Br. The number of benzene rings is 1. The molecule has 1 atom stereocenters. The molecule has 0 fully saturated rings. The summed E-state index contributed by atoms with van der Waals surface area (Å²) in [5, 5.41) is 4.21. The van der Waals surface area contributed by atoms with Crippen LogP contribution in [-0.4, -0.2) is 6.54 Å². The Kier molecular flexibility index (Phi) is 4.87. The van der Waals surface area contributed by atoms with Gasteiger partial charge in [-0.1, -0.05) is 36.7 Å². The third kappa shape index (κ3) is 2.97. The summed E-state index contributed by atoms with van der Waals surface area (Å²) in [6, 6.07) is 9.70. The lowest BCUT2D eigenvalue weighted by molar-refractivity contribution is 0.444. The maximum Gasteiger partial charge on any atom is 0.139 e. The van der Waals surface area contributed by atoms with Crippen molar-refractivity contribution in [3.05, 3.63) is 57.4 Å². The second-order valence-corrected chi connectivity index (χ2v) is 5.30. The molecule has 2 aromatic rings. The van der Waals surface area contributed by atoms with Gasteiger partial charge in [0.05, 0.1) is 16.8 Å². The van der Waals surface area contributed by atoms with Gasteiger partial charge in [-0.05, 0) is 46.6 Å². The molecule has 2 rings (SSSR count). The van der Waals surface area contributed by atoms with E-state index in [1.54, 1.807) is 6.26 Å². The van der Waals surface area contributed by atoms with Crippen LogP contribution in [0.5, 0.6) is 0 Å². The van der Waals surface area contributed by atoms with E-state index in [-0.39, 0.29) is 6.04 Å². The summed E-state index contributed by atoms with van der Waals surface area (Å²) >= 11 is 9.77. The van der Waals surface area contributed by atoms with Crippen molar-refractivity contribution in [3.63, 3.8) is 0 Å². The topological polar surface area (TPSA) is 25.2 Å². The van der Waals surface area contributed by atoms with E-state index >= 15 is 0 Å². The van der Waals surface area contributed by atoms with E-state index in [1.807, 2.05) is 30.3 Å². The van der Waals surface area contributed by atoms with Crippen LogP contribution < -0.4 is 5.32 Å². The molecule has 18 heavy (non-hydrogen) atoms. The highest BCUT2D eigenvalue weighted by Gasteiger charge is 2.21. The summed E-state index contributed by atoms with van der Waals surface area (Å²) in [6.45, 7) is 3.04. The fourth-order valence-corrected chi connectivity index (χ4v) is 2.53. The van der Waals surface area contributed by atoms with E-state index in [2.05, 4.69) is 28.2 Å². The van der Waals surface area contributed by atoms with Gasteiger partial charge in [0, 0.05) is 5.02 Å². The van der Waals surface area contributed by atoms with Crippen molar-refractivity contribution in [1.82, 2.24) is 5.32 Å². The van der Waals surface area contributed by atoms with Crippen molar-refractivity contribution in [2.24, 2.45) is 0 Å². The van der Waals surface area contributed by atoms with E-state index < -0.39 is 0 Å². The predicted molar refractivity (Wildman–Crippen MR) is 78.0 cm³/mol. The first-order chi connectivity index (χ1) is 8.74. The molecule has 1 N–H and O–H groups in total. The molecule has 0 aliphatic heterocycles. The van der Waals surface area contributed by atoms with Gasteiger partial charge in [-0.2, -0.15) is 0 Å². The summed E-state index contributed by atoms with van der Waals surface area (Å²) < 4.78 is 6.52. The second-order valence-electron chi connectivity index (χ2n) is 4.04. The largest absolute Gasteiger partial charge is 0.466 e. The van der Waals surface area contributed by atoms with Crippen molar-refractivity contribution in [1.29, 1.82) is 0 Å². The standard InChI is InChI=1S/C14H15BrClNO/c1-2-8-17-13(14-11(15)7-9-18-14)10-5-3-4-6-12(10)16/h3-7,9,13,17H,2,8H2,1H3. The van der Waals surface area contributed by atoms with Gasteiger partial charge in [0.15, 0.2) is 0 Å². The van der Waals surface area contributed by atoms with Crippen LogP contribution in [0.4, 0.5) is 0 Å². The molecule has 4 heteroatoms. The average Bonchev–Trinajstić information content (AvgIpc) is 2.78. The molecule has 96 valence electrons. The molecule has 0 saturated heterocycles. The molecule has 0 saturated carbocycles. The van der Waals surface area contributed by atoms with Crippen LogP contribution in [0.3, 0.4) is 0 Å². The number of nitrogens with one attached hydrogen (secondary N) is 1. The lowest BCUT2D eigenvalue weighted by Gasteiger charge is -2.18.